The molecule has 0 amide bonds. The Balaban J connectivity index is 0.000000148. The molecule has 0 saturated heterocycles. The summed E-state index contributed by atoms with van der Waals surface area (Å²) < 4.78 is 6.43. The maximum atomic E-state index is 9.19. The smallest absolute Gasteiger partial charge is 0.131 e. The van der Waals surface area contributed by atoms with Crippen LogP contribution in [0.2, 0.25) is 5.02 Å². The Morgan fingerprint density at radius 2 is 1.22 bits per heavy atom. The summed E-state index contributed by atoms with van der Waals surface area (Å²) in [5.74, 6) is 1.08. The summed E-state index contributed by atoms with van der Waals surface area (Å²) in [6, 6.07) is 5.40. The second-order valence-electron chi connectivity index (χ2n) is 13.6. The van der Waals surface area contributed by atoms with Gasteiger partial charge in [0.2, 0.25) is 0 Å². The Morgan fingerprint density at radius 1 is 0.717 bits per heavy atom. The molecule has 8 rings (SSSR count). The van der Waals surface area contributed by atoms with Crippen LogP contribution in [0.25, 0.3) is 20.4 Å². The Bertz CT molecular complexity index is 1580. The lowest BCUT2D eigenvalue weighted by atomic mass is 9.92. The number of ether oxygens (including phenoxy) is 1. The van der Waals surface area contributed by atoms with Gasteiger partial charge in [0, 0.05) is 39.6 Å². The van der Waals surface area contributed by atoms with Gasteiger partial charge in [-0.3, -0.25) is 0 Å². The molecule has 2 saturated carbocycles. The van der Waals surface area contributed by atoms with E-state index < -0.39 is 0 Å². The highest BCUT2D eigenvalue weighted by Gasteiger charge is 2.26. The topological polar surface area (TPSA) is 61.7 Å². The summed E-state index contributed by atoms with van der Waals surface area (Å²) in [6.45, 7) is 0. The molecule has 4 aliphatic carbocycles. The molecule has 0 bridgehead atoms. The number of aliphatic hydroxyl groups excluding tert-OH is 1. The van der Waals surface area contributed by atoms with Crippen LogP contribution in [-0.2, 0) is 25.7 Å². The molecule has 6 nitrogen and oxygen atoms in total. The summed E-state index contributed by atoms with van der Waals surface area (Å²) >= 11 is 9.82. The zero-order chi connectivity index (χ0) is 31.5. The molecule has 4 aromatic rings. The number of aromatic nitrogens is 2. The van der Waals surface area contributed by atoms with Gasteiger partial charge in [0.25, 0.3) is 0 Å². The van der Waals surface area contributed by atoms with Crippen molar-refractivity contribution in [2.75, 3.05) is 28.2 Å². The average molecular weight is 796 g/mol. The van der Waals surface area contributed by atoms with Crippen LogP contribution in [0.3, 0.4) is 0 Å². The Morgan fingerprint density at radius 3 is 1.78 bits per heavy atom. The molecule has 10 heteroatoms. The first-order chi connectivity index (χ1) is 21.8. The lowest BCUT2D eigenvalue weighted by Crippen LogP contribution is -3.00. The molecule has 4 aliphatic rings. The van der Waals surface area contributed by atoms with Crippen molar-refractivity contribution < 1.29 is 33.8 Å². The molecule has 0 atom stereocenters. The van der Waals surface area contributed by atoms with E-state index in [2.05, 4.69) is 54.0 Å². The lowest BCUT2D eigenvalue weighted by molar-refractivity contribution is -0.0000129. The quantitative estimate of drug-likeness (QED) is 0.282. The average Bonchev–Trinajstić information content (AvgIpc) is 3.80. The zero-order valence-electron chi connectivity index (χ0n) is 27.7. The second kappa shape index (κ2) is 16.5. The number of hydrogen-bond acceptors (Lipinski definition) is 8. The van der Waals surface area contributed by atoms with Crippen molar-refractivity contribution in [3.8, 4) is 5.75 Å². The number of nitrogens with zero attached hydrogens (tertiary/aromatic N) is 4. The van der Waals surface area contributed by atoms with Crippen LogP contribution < -0.4 is 28.7 Å². The normalized spacial score (nSPS) is 23.7. The third-order valence-corrected chi connectivity index (χ3v) is 12.9. The van der Waals surface area contributed by atoms with E-state index in [0.717, 1.165) is 47.3 Å². The minimum absolute atomic E-state index is 0. The molecule has 252 valence electrons. The molecule has 0 spiro atoms. The fourth-order valence-electron chi connectivity index (χ4n) is 7.50. The maximum Gasteiger partial charge on any atom is 0.131 e. The van der Waals surface area contributed by atoms with E-state index in [0.29, 0.717) is 12.1 Å². The van der Waals surface area contributed by atoms with E-state index in [1.54, 1.807) is 17.5 Å². The predicted molar refractivity (Wildman–Crippen MR) is 191 cm³/mol. The molecule has 4 heterocycles. The number of hydrogen-bond donors (Lipinski definition) is 1. The maximum absolute atomic E-state index is 9.19. The lowest BCUT2D eigenvalue weighted by Gasteiger charge is -2.32. The van der Waals surface area contributed by atoms with Crippen LogP contribution >= 0.6 is 34.3 Å². The van der Waals surface area contributed by atoms with Gasteiger partial charge in [-0.1, -0.05) is 11.6 Å². The summed E-state index contributed by atoms with van der Waals surface area (Å²) in [7, 11) is 8.60. The SMILES string of the molecule is CN(C)C1CCC(O)CC1.CN(C)C1CCC(Oc2ccnc3sc4c(c23)CCC4)CC1.Clc1ccnc2sc3c(c12)CCC3.[I-]. The van der Waals surface area contributed by atoms with Gasteiger partial charge in [-0.05, 0) is 141 Å². The molecule has 2 fully saturated rings. The van der Waals surface area contributed by atoms with Crippen LogP contribution in [-0.4, -0.2) is 77.4 Å². The number of rotatable bonds is 4. The van der Waals surface area contributed by atoms with E-state index in [1.807, 2.05) is 23.6 Å². The Kier molecular flexibility index (Phi) is 13.0. The van der Waals surface area contributed by atoms with E-state index in [9.17, 15) is 5.11 Å². The van der Waals surface area contributed by atoms with Gasteiger partial charge in [-0.15, -0.1) is 22.7 Å². The summed E-state index contributed by atoms with van der Waals surface area (Å²) in [4.78, 5) is 18.8. The first-order valence-electron chi connectivity index (χ1n) is 16.9. The Labute approximate surface area is 304 Å². The number of fused-ring (bicyclic) bond motifs is 6. The highest BCUT2D eigenvalue weighted by Crippen LogP contribution is 2.42. The van der Waals surface area contributed by atoms with Crippen molar-refractivity contribution in [1.29, 1.82) is 0 Å². The van der Waals surface area contributed by atoms with E-state index in [1.165, 1.54) is 101 Å². The summed E-state index contributed by atoms with van der Waals surface area (Å²) in [5.41, 5.74) is 2.98. The summed E-state index contributed by atoms with van der Waals surface area (Å²) in [6.07, 6.45) is 20.6. The van der Waals surface area contributed by atoms with Gasteiger partial charge >= 0.3 is 0 Å². The number of halogens is 2. The molecular weight excluding hydrogens is 747 g/mol. The third kappa shape index (κ3) is 8.37. The van der Waals surface area contributed by atoms with Crippen molar-refractivity contribution in [2.45, 2.75) is 114 Å². The zero-order valence-corrected chi connectivity index (χ0v) is 32.3. The predicted octanol–water partition coefficient (Wildman–Crippen LogP) is 5.33. The van der Waals surface area contributed by atoms with Crippen molar-refractivity contribution in [3.05, 3.63) is 50.4 Å². The standard InChI is InChI=1S/C18H24N2OS.C10H8ClNS.C8H17NO.HI/c1-20(2)12-6-8-13(9-7-12)21-15-10-11-19-18-17(15)14-4-3-5-16(14)22-18;11-7-4-5-12-10-9(7)6-2-1-3-8(6)13-10;1-9(2)7-3-5-8(10)6-4-7;/h10-13H,3-9H2,1-2H3;4-5H,1-3H2;7-8,10H,3-6H2,1-2H3;1H/p-1. The highest BCUT2D eigenvalue weighted by molar-refractivity contribution is 7.19. The second-order valence-corrected chi connectivity index (χ2v) is 16.2. The van der Waals surface area contributed by atoms with Gasteiger partial charge in [0.1, 0.15) is 15.4 Å². The number of pyridine rings is 2. The van der Waals surface area contributed by atoms with Gasteiger partial charge in [0.05, 0.1) is 22.6 Å². The minimum atomic E-state index is -0.0174. The van der Waals surface area contributed by atoms with Gasteiger partial charge < -0.3 is 43.6 Å². The minimum Gasteiger partial charge on any atom is -1.00 e. The third-order valence-electron chi connectivity index (χ3n) is 10.2. The molecule has 4 aromatic heterocycles. The van der Waals surface area contributed by atoms with Crippen LogP contribution in [0.4, 0.5) is 0 Å². The van der Waals surface area contributed by atoms with Gasteiger partial charge in [-0.25, -0.2) is 9.97 Å². The highest BCUT2D eigenvalue weighted by atomic mass is 127. The monoisotopic (exact) mass is 795 g/mol. The molecule has 0 radical (unpaired) electrons. The van der Waals surface area contributed by atoms with Crippen LogP contribution in [0, 0.1) is 0 Å². The van der Waals surface area contributed by atoms with Crippen LogP contribution in [0.15, 0.2) is 24.5 Å². The van der Waals surface area contributed by atoms with Crippen molar-refractivity contribution >= 4 is 54.7 Å². The van der Waals surface area contributed by atoms with E-state index in [-0.39, 0.29) is 30.1 Å². The van der Waals surface area contributed by atoms with Crippen molar-refractivity contribution in [1.82, 2.24) is 19.8 Å². The van der Waals surface area contributed by atoms with E-state index in [4.69, 9.17) is 16.3 Å². The van der Waals surface area contributed by atoms with Crippen molar-refractivity contribution in [2.24, 2.45) is 0 Å². The fraction of sp³-hybridized carbons (Fsp3) is 0.611. The molecular formula is C36H49ClIN4O2S2-. The Hall–Kier alpha value is -1.08. The molecule has 0 aromatic carbocycles. The molecule has 0 aliphatic heterocycles. The fourth-order valence-corrected chi connectivity index (χ4v) is 10.3. The molecule has 1 N–H and O–H groups in total. The first-order valence-corrected chi connectivity index (χ1v) is 18.9. The van der Waals surface area contributed by atoms with Gasteiger partial charge in [-0.2, -0.15) is 0 Å². The number of thiophene rings is 2. The van der Waals surface area contributed by atoms with Crippen LogP contribution in [0.5, 0.6) is 5.75 Å². The summed E-state index contributed by atoms with van der Waals surface area (Å²) in [5, 5.41) is 12.6. The van der Waals surface area contributed by atoms with Crippen LogP contribution in [0.1, 0.15) is 85.1 Å². The number of aliphatic hydroxyl groups is 1. The van der Waals surface area contributed by atoms with E-state index >= 15 is 0 Å². The first kappa shape index (κ1) is 36.2. The molecule has 0 unspecified atom stereocenters. The molecule has 46 heavy (non-hydrogen) atoms. The number of aryl methyl sites for hydroxylation is 4. The largest absolute Gasteiger partial charge is 1.00 e. The van der Waals surface area contributed by atoms with Gasteiger partial charge in [0.15, 0.2) is 0 Å². The van der Waals surface area contributed by atoms with Crippen molar-refractivity contribution in [3.63, 3.8) is 0 Å².